The zero-order valence-corrected chi connectivity index (χ0v) is 13.1. The van der Waals surface area contributed by atoms with Gasteiger partial charge in [0.15, 0.2) is 5.13 Å². The molecule has 1 N–H and O–H groups in total. The Kier molecular flexibility index (Phi) is 2.96. The summed E-state index contributed by atoms with van der Waals surface area (Å²) in [7, 11) is 2.03. The molecule has 0 saturated heterocycles. The van der Waals surface area contributed by atoms with Crippen LogP contribution in [0.1, 0.15) is 23.9 Å². The van der Waals surface area contributed by atoms with Crippen LogP contribution in [0.25, 0.3) is 11.0 Å². The lowest BCUT2D eigenvalue weighted by atomic mass is 9.93. The van der Waals surface area contributed by atoms with E-state index in [2.05, 4.69) is 27.9 Å². The third-order valence-electron chi connectivity index (χ3n) is 4.19. The number of nitrogens with zero attached hydrogens (tertiary/aromatic N) is 3. The van der Waals surface area contributed by atoms with Crippen LogP contribution < -0.4 is 5.32 Å². The molecule has 0 amide bonds. The van der Waals surface area contributed by atoms with Crippen molar-refractivity contribution < 1.29 is 0 Å². The van der Waals surface area contributed by atoms with E-state index in [4.69, 9.17) is 4.98 Å². The van der Waals surface area contributed by atoms with Gasteiger partial charge in [0.05, 0.1) is 16.7 Å². The summed E-state index contributed by atoms with van der Waals surface area (Å²) < 4.78 is 2.08. The molecule has 2 heterocycles. The van der Waals surface area contributed by atoms with E-state index < -0.39 is 0 Å². The molecule has 1 aliphatic rings. The summed E-state index contributed by atoms with van der Waals surface area (Å²) in [5, 5.41) is 4.36. The molecule has 0 radical (unpaired) electrons. The second kappa shape index (κ2) is 4.84. The molecule has 108 valence electrons. The molecular weight excluding hydrogens is 280 g/mol. The normalized spacial score (nSPS) is 17.9. The molecule has 4 nitrogen and oxygen atoms in total. The lowest BCUT2D eigenvalue weighted by molar-refractivity contribution is 0.502. The summed E-state index contributed by atoms with van der Waals surface area (Å²) in [6.07, 6.45) is 3.52. The van der Waals surface area contributed by atoms with E-state index in [0.717, 1.165) is 40.9 Å². The third kappa shape index (κ3) is 2.21. The largest absolute Gasteiger partial charge is 0.313 e. The highest BCUT2D eigenvalue weighted by Crippen LogP contribution is 2.33. The first-order valence-electron chi connectivity index (χ1n) is 7.38. The number of anilines is 2. The fourth-order valence-electron chi connectivity index (χ4n) is 2.95. The molecule has 5 heteroatoms. The van der Waals surface area contributed by atoms with Crippen molar-refractivity contribution in [2.45, 2.75) is 26.2 Å². The number of fused-ring (bicyclic) bond motifs is 2. The van der Waals surface area contributed by atoms with Crippen molar-refractivity contribution in [3.05, 3.63) is 34.8 Å². The molecule has 3 aromatic rings. The molecule has 0 aliphatic heterocycles. The lowest BCUT2D eigenvalue weighted by Gasteiger charge is -2.15. The summed E-state index contributed by atoms with van der Waals surface area (Å²) in [4.78, 5) is 10.8. The number of thiazole rings is 1. The molecule has 21 heavy (non-hydrogen) atoms. The maximum atomic E-state index is 4.75. The second-order valence-electron chi connectivity index (χ2n) is 5.85. The maximum Gasteiger partial charge on any atom is 0.209 e. The Hall–Kier alpha value is -1.88. The Morgan fingerprint density at radius 1 is 1.29 bits per heavy atom. The number of para-hydroxylation sites is 2. The molecule has 0 fully saturated rings. The van der Waals surface area contributed by atoms with Crippen molar-refractivity contribution in [1.29, 1.82) is 0 Å². The highest BCUT2D eigenvalue weighted by Gasteiger charge is 2.20. The Balaban J connectivity index is 1.67. The first kappa shape index (κ1) is 12.8. The molecular formula is C16H18N4S. The number of benzene rings is 1. The van der Waals surface area contributed by atoms with Crippen molar-refractivity contribution in [1.82, 2.24) is 14.5 Å². The average Bonchev–Trinajstić information content (AvgIpc) is 3.01. The molecule has 1 unspecified atom stereocenters. The zero-order chi connectivity index (χ0) is 14.4. The molecule has 1 atom stereocenters. The molecule has 1 aliphatic carbocycles. The van der Waals surface area contributed by atoms with Gasteiger partial charge in [-0.1, -0.05) is 19.1 Å². The number of hydrogen-bond donors (Lipinski definition) is 1. The number of nitrogens with one attached hydrogen (secondary N) is 1. The monoisotopic (exact) mass is 298 g/mol. The Bertz CT molecular complexity index is 802. The van der Waals surface area contributed by atoms with Gasteiger partial charge in [0.25, 0.3) is 0 Å². The predicted octanol–water partition coefficient (Wildman–Crippen LogP) is 3.90. The van der Waals surface area contributed by atoms with Crippen molar-refractivity contribution in [2.75, 3.05) is 5.32 Å². The predicted molar refractivity (Wildman–Crippen MR) is 87.3 cm³/mol. The molecule has 0 saturated carbocycles. The Labute approximate surface area is 127 Å². The van der Waals surface area contributed by atoms with Crippen LogP contribution in [0.4, 0.5) is 11.1 Å². The summed E-state index contributed by atoms with van der Waals surface area (Å²) in [6, 6.07) is 8.18. The maximum absolute atomic E-state index is 4.75. The first-order chi connectivity index (χ1) is 10.2. The SMILES string of the molecule is CC1CCc2nc(Nc3nc4ccccc4n3C)sc2C1. The molecule has 2 aromatic heterocycles. The summed E-state index contributed by atoms with van der Waals surface area (Å²) in [6.45, 7) is 2.32. The Morgan fingerprint density at radius 3 is 3.00 bits per heavy atom. The fourth-order valence-corrected chi connectivity index (χ4v) is 4.11. The van der Waals surface area contributed by atoms with Crippen LogP contribution in [0.2, 0.25) is 0 Å². The van der Waals surface area contributed by atoms with E-state index in [1.165, 1.54) is 17.0 Å². The highest BCUT2D eigenvalue weighted by molar-refractivity contribution is 7.15. The van der Waals surface area contributed by atoms with Gasteiger partial charge < -0.3 is 9.88 Å². The summed E-state index contributed by atoms with van der Waals surface area (Å²) in [5.74, 6) is 1.64. The second-order valence-corrected chi connectivity index (χ2v) is 6.93. The van der Waals surface area contributed by atoms with E-state index in [0.29, 0.717) is 0 Å². The highest BCUT2D eigenvalue weighted by atomic mass is 32.1. The third-order valence-corrected chi connectivity index (χ3v) is 5.23. The van der Waals surface area contributed by atoms with Crippen LogP contribution in [0.3, 0.4) is 0 Å². The minimum atomic E-state index is 0.779. The van der Waals surface area contributed by atoms with Crippen molar-refractivity contribution in [3.8, 4) is 0 Å². The lowest BCUT2D eigenvalue weighted by Crippen LogP contribution is -2.09. The van der Waals surface area contributed by atoms with Gasteiger partial charge in [0, 0.05) is 11.9 Å². The summed E-state index contributed by atoms with van der Waals surface area (Å²) >= 11 is 1.78. The van der Waals surface area contributed by atoms with Gasteiger partial charge in [0.1, 0.15) is 0 Å². The number of aromatic nitrogens is 3. The van der Waals surface area contributed by atoms with E-state index in [-0.39, 0.29) is 0 Å². The Morgan fingerprint density at radius 2 is 2.14 bits per heavy atom. The van der Waals surface area contributed by atoms with Crippen molar-refractivity contribution in [2.24, 2.45) is 13.0 Å². The number of rotatable bonds is 2. The van der Waals surface area contributed by atoms with Crippen LogP contribution in [0.5, 0.6) is 0 Å². The van der Waals surface area contributed by atoms with Crippen molar-refractivity contribution >= 4 is 33.5 Å². The average molecular weight is 298 g/mol. The minimum absolute atomic E-state index is 0.779. The van der Waals surface area contributed by atoms with Gasteiger partial charge in [-0.2, -0.15) is 0 Å². The zero-order valence-electron chi connectivity index (χ0n) is 12.3. The molecule has 1 aromatic carbocycles. The van der Waals surface area contributed by atoms with Gasteiger partial charge in [-0.05, 0) is 37.3 Å². The number of imidazole rings is 1. The quantitative estimate of drug-likeness (QED) is 0.780. The van der Waals surface area contributed by atoms with Crippen LogP contribution in [-0.4, -0.2) is 14.5 Å². The van der Waals surface area contributed by atoms with Gasteiger partial charge >= 0.3 is 0 Å². The van der Waals surface area contributed by atoms with Crippen LogP contribution in [0.15, 0.2) is 24.3 Å². The van der Waals surface area contributed by atoms with Gasteiger partial charge in [-0.15, -0.1) is 11.3 Å². The molecule has 4 rings (SSSR count). The number of hydrogen-bond acceptors (Lipinski definition) is 4. The fraction of sp³-hybridized carbons (Fsp3) is 0.375. The molecule has 0 bridgehead atoms. The smallest absolute Gasteiger partial charge is 0.209 e. The van der Waals surface area contributed by atoms with Crippen LogP contribution in [-0.2, 0) is 19.9 Å². The number of aryl methyl sites for hydroxylation is 2. The minimum Gasteiger partial charge on any atom is -0.313 e. The standard InChI is InChI=1S/C16H18N4S/c1-10-7-8-12-14(9-10)21-16(18-12)19-15-17-11-5-3-4-6-13(11)20(15)2/h3-6,10H,7-9H2,1-2H3,(H,17,18,19). The van der Waals surface area contributed by atoms with E-state index in [1.54, 1.807) is 11.3 Å². The van der Waals surface area contributed by atoms with Crippen LogP contribution in [0, 0.1) is 5.92 Å². The summed E-state index contributed by atoms with van der Waals surface area (Å²) in [5.41, 5.74) is 3.42. The van der Waals surface area contributed by atoms with E-state index >= 15 is 0 Å². The van der Waals surface area contributed by atoms with Crippen LogP contribution >= 0.6 is 11.3 Å². The van der Waals surface area contributed by atoms with Gasteiger partial charge in [0.2, 0.25) is 5.95 Å². The van der Waals surface area contributed by atoms with E-state index in [1.807, 2.05) is 25.2 Å². The van der Waals surface area contributed by atoms with Gasteiger partial charge in [-0.25, -0.2) is 9.97 Å². The molecule has 0 spiro atoms. The van der Waals surface area contributed by atoms with E-state index in [9.17, 15) is 0 Å². The topological polar surface area (TPSA) is 42.7 Å². The first-order valence-corrected chi connectivity index (χ1v) is 8.19. The van der Waals surface area contributed by atoms with Gasteiger partial charge in [-0.3, -0.25) is 0 Å². The van der Waals surface area contributed by atoms with Crippen molar-refractivity contribution in [3.63, 3.8) is 0 Å².